The molecule has 0 radical (unpaired) electrons. The molecule has 1 fully saturated rings. The summed E-state index contributed by atoms with van der Waals surface area (Å²) in [4.78, 5) is 29.6. The van der Waals surface area contributed by atoms with E-state index in [1.54, 1.807) is 0 Å². The fourth-order valence-corrected chi connectivity index (χ4v) is 4.26. The third-order valence-electron chi connectivity index (χ3n) is 5.99. The topological polar surface area (TPSA) is 57.6 Å². The van der Waals surface area contributed by atoms with Gasteiger partial charge in [0.25, 0.3) is 5.91 Å². The number of nitrogens with one attached hydrogen (secondary N) is 1. The van der Waals surface area contributed by atoms with Crippen LogP contribution in [0, 0.1) is 0 Å². The summed E-state index contributed by atoms with van der Waals surface area (Å²) in [5.41, 5.74) is 4.34. The zero-order valence-corrected chi connectivity index (χ0v) is 17.0. The number of carbonyl (C=O) groups excluding carboxylic acids is 2. The Morgan fingerprint density at radius 3 is 2.60 bits per heavy atom. The second kappa shape index (κ2) is 7.46. The van der Waals surface area contributed by atoms with Crippen LogP contribution in [0.4, 0.5) is 5.69 Å². The molecule has 152 valence electrons. The van der Waals surface area contributed by atoms with Gasteiger partial charge in [-0.05, 0) is 25.3 Å². The molecular formula is C24H24N4O2. The molecule has 30 heavy (non-hydrogen) atoms. The molecule has 0 atom stereocenters. The summed E-state index contributed by atoms with van der Waals surface area (Å²) < 4.78 is 2.00. The lowest BCUT2D eigenvalue weighted by Crippen LogP contribution is -2.48. The van der Waals surface area contributed by atoms with Crippen LogP contribution in [0.15, 0.2) is 54.7 Å². The van der Waals surface area contributed by atoms with Gasteiger partial charge >= 0.3 is 0 Å². The zero-order valence-electron chi connectivity index (χ0n) is 17.0. The van der Waals surface area contributed by atoms with E-state index in [1.165, 1.54) is 0 Å². The molecule has 1 saturated heterocycles. The van der Waals surface area contributed by atoms with E-state index in [2.05, 4.69) is 17.3 Å². The second-order valence-electron chi connectivity index (χ2n) is 7.97. The normalized spacial score (nSPS) is 18.1. The van der Waals surface area contributed by atoms with Crippen molar-refractivity contribution in [2.45, 2.75) is 6.54 Å². The Morgan fingerprint density at radius 1 is 1.03 bits per heavy atom. The van der Waals surface area contributed by atoms with Gasteiger partial charge in [-0.2, -0.15) is 0 Å². The average Bonchev–Trinajstić information content (AvgIpc) is 3.26. The number of carbonyl (C=O) groups is 2. The van der Waals surface area contributed by atoms with Gasteiger partial charge in [-0.1, -0.05) is 36.4 Å². The molecule has 0 bridgehead atoms. The number of aromatic nitrogens is 1. The lowest BCUT2D eigenvalue weighted by Gasteiger charge is -2.32. The Hall–Kier alpha value is -3.38. The summed E-state index contributed by atoms with van der Waals surface area (Å²) in [6.07, 6.45) is 3.92. The number of hydrogen-bond donors (Lipinski definition) is 1. The van der Waals surface area contributed by atoms with Crippen molar-refractivity contribution in [3.63, 3.8) is 0 Å². The number of fused-ring (bicyclic) bond motifs is 2. The summed E-state index contributed by atoms with van der Waals surface area (Å²) in [6.45, 7) is 3.65. The molecule has 2 aliphatic rings. The first-order valence-electron chi connectivity index (χ1n) is 10.3. The molecular weight excluding hydrogens is 376 g/mol. The molecule has 2 aliphatic heterocycles. The molecule has 2 aromatic carbocycles. The SMILES string of the molecule is CN1CCN(C(=O)Cn2cc(/C=C3\C(=O)Nc4ccccc43)c3ccccc32)CC1. The Bertz CT molecular complexity index is 1170. The molecule has 6 heteroatoms. The highest BCUT2D eigenvalue weighted by Gasteiger charge is 2.24. The van der Waals surface area contributed by atoms with Gasteiger partial charge in [-0.3, -0.25) is 9.59 Å². The van der Waals surface area contributed by atoms with E-state index in [4.69, 9.17) is 0 Å². The first kappa shape index (κ1) is 18.6. The van der Waals surface area contributed by atoms with Gasteiger partial charge in [-0.25, -0.2) is 0 Å². The lowest BCUT2D eigenvalue weighted by atomic mass is 10.0. The van der Waals surface area contributed by atoms with Crippen LogP contribution >= 0.6 is 0 Å². The van der Waals surface area contributed by atoms with Crippen molar-refractivity contribution in [3.8, 4) is 0 Å². The van der Waals surface area contributed by atoms with E-state index in [1.807, 2.05) is 70.3 Å². The third-order valence-corrected chi connectivity index (χ3v) is 5.99. The van der Waals surface area contributed by atoms with E-state index in [-0.39, 0.29) is 11.8 Å². The smallest absolute Gasteiger partial charge is 0.256 e. The maximum atomic E-state index is 12.9. The molecule has 0 unspecified atom stereocenters. The molecule has 0 spiro atoms. The molecule has 1 aromatic heterocycles. The van der Waals surface area contributed by atoms with E-state index in [9.17, 15) is 9.59 Å². The Morgan fingerprint density at radius 2 is 1.77 bits per heavy atom. The van der Waals surface area contributed by atoms with Crippen molar-refractivity contribution < 1.29 is 9.59 Å². The Balaban J connectivity index is 1.49. The van der Waals surface area contributed by atoms with Gasteiger partial charge in [-0.15, -0.1) is 0 Å². The molecule has 3 aromatic rings. The maximum Gasteiger partial charge on any atom is 0.256 e. The van der Waals surface area contributed by atoms with Crippen molar-refractivity contribution in [3.05, 3.63) is 65.9 Å². The van der Waals surface area contributed by atoms with Crippen molar-refractivity contribution in [2.75, 3.05) is 38.5 Å². The number of rotatable bonds is 3. The van der Waals surface area contributed by atoms with E-state index in [0.717, 1.165) is 53.9 Å². The number of amides is 2. The number of likely N-dealkylation sites (N-methyl/N-ethyl adjacent to an activating group) is 1. The highest BCUT2D eigenvalue weighted by atomic mass is 16.2. The van der Waals surface area contributed by atoms with Gasteiger partial charge in [0.15, 0.2) is 0 Å². The highest BCUT2D eigenvalue weighted by molar-refractivity contribution is 6.35. The summed E-state index contributed by atoms with van der Waals surface area (Å²) in [5, 5.41) is 3.96. The molecule has 0 saturated carbocycles. The van der Waals surface area contributed by atoms with Crippen LogP contribution in [0.1, 0.15) is 11.1 Å². The summed E-state index contributed by atoms with van der Waals surface area (Å²) in [5.74, 6) is 0.0357. The van der Waals surface area contributed by atoms with Gasteiger partial charge in [0.1, 0.15) is 6.54 Å². The second-order valence-corrected chi connectivity index (χ2v) is 7.97. The standard InChI is InChI=1S/C24H24N4O2/c1-26-10-12-27(13-11-26)23(29)16-28-15-17(18-6-3-5-9-22(18)28)14-20-19-7-2-4-8-21(19)25-24(20)30/h2-9,14-15H,10-13,16H2,1H3,(H,25,30)/b20-14-. The predicted octanol–water partition coefficient (Wildman–Crippen LogP) is 2.91. The molecule has 1 N–H and O–H groups in total. The number of piperazine rings is 1. The Labute approximate surface area is 175 Å². The van der Waals surface area contributed by atoms with Crippen LogP contribution in [0.3, 0.4) is 0 Å². The number of hydrogen-bond acceptors (Lipinski definition) is 3. The van der Waals surface area contributed by atoms with Crippen LogP contribution in [-0.4, -0.2) is 59.4 Å². The van der Waals surface area contributed by atoms with Crippen molar-refractivity contribution >= 4 is 40.1 Å². The predicted molar refractivity (Wildman–Crippen MR) is 119 cm³/mol. The minimum absolute atomic E-state index is 0.0958. The fourth-order valence-electron chi connectivity index (χ4n) is 4.26. The average molecular weight is 400 g/mol. The number of para-hydroxylation sites is 2. The molecule has 3 heterocycles. The molecule has 2 amide bonds. The zero-order chi connectivity index (χ0) is 20.7. The largest absolute Gasteiger partial charge is 0.339 e. The lowest BCUT2D eigenvalue weighted by molar-refractivity contribution is -0.133. The van der Waals surface area contributed by atoms with E-state index in [0.29, 0.717) is 12.1 Å². The van der Waals surface area contributed by atoms with Crippen molar-refractivity contribution in [1.82, 2.24) is 14.4 Å². The van der Waals surface area contributed by atoms with E-state index >= 15 is 0 Å². The minimum Gasteiger partial charge on any atom is -0.339 e. The van der Waals surface area contributed by atoms with Gasteiger partial charge < -0.3 is 19.7 Å². The van der Waals surface area contributed by atoms with Crippen LogP contribution in [0.5, 0.6) is 0 Å². The Kier molecular flexibility index (Phi) is 4.64. The summed E-state index contributed by atoms with van der Waals surface area (Å²) in [6, 6.07) is 15.7. The first-order valence-corrected chi connectivity index (χ1v) is 10.3. The van der Waals surface area contributed by atoms with Gasteiger partial charge in [0.2, 0.25) is 5.91 Å². The molecule has 6 nitrogen and oxygen atoms in total. The third kappa shape index (κ3) is 3.29. The number of nitrogens with zero attached hydrogens (tertiary/aromatic N) is 3. The summed E-state index contributed by atoms with van der Waals surface area (Å²) in [7, 11) is 2.08. The van der Waals surface area contributed by atoms with Crippen molar-refractivity contribution in [2.24, 2.45) is 0 Å². The van der Waals surface area contributed by atoms with Crippen LogP contribution < -0.4 is 5.32 Å². The van der Waals surface area contributed by atoms with Crippen LogP contribution in [-0.2, 0) is 16.1 Å². The number of anilines is 1. The summed E-state index contributed by atoms with van der Waals surface area (Å²) >= 11 is 0. The highest BCUT2D eigenvalue weighted by Crippen LogP contribution is 2.34. The maximum absolute atomic E-state index is 12.9. The van der Waals surface area contributed by atoms with Gasteiger partial charge in [0.05, 0.1) is 0 Å². The van der Waals surface area contributed by atoms with Crippen LogP contribution in [0.25, 0.3) is 22.6 Å². The quantitative estimate of drug-likeness (QED) is 0.688. The fraction of sp³-hybridized carbons (Fsp3) is 0.250. The van der Waals surface area contributed by atoms with E-state index < -0.39 is 0 Å². The van der Waals surface area contributed by atoms with Crippen molar-refractivity contribution in [1.29, 1.82) is 0 Å². The molecule has 5 rings (SSSR count). The monoisotopic (exact) mass is 400 g/mol. The van der Waals surface area contributed by atoms with Crippen LogP contribution in [0.2, 0.25) is 0 Å². The molecule has 0 aliphatic carbocycles. The van der Waals surface area contributed by atoms with Gasteiger partial charge in [0, 0.05) is 65.7 Å². The number of benzene rings is 2. The minimum atomic E-state index is -0.0958. The first-order chi connectivity index (χ1) is 14.6.